The Morgan fingerprint density at radius 1 is 0.964 bits per heavy atom. The summed E-state index contributed by atoms with van der Waals surface area (Å²) in [5.41, 5.74) is 2.18. The van der Waals surface area contributed by atoms with Crippen LogP contribution in [0.5, 0.6) is 0 Å². The normalized spacial score (nSPS) is 13.8. The number of nitro benzene ring substituents is 1. The zero-order valence-corrected chi connectivity index (χ0v) is 15.4. The second kappa shape index (κ2) is 8.38. The number of nitro groups is 1. The van der Waals surface area contributed by atoms with Gasteiger partial charge in [-0.25, -0.2) is 4.79 Å². The zero-order chi connectivity index (χ0) is 20.1. The lowest BCUT2D eigenvalue weighted by atomic mass is 10.2. The van der Waals surface area contributed by atoms with Crippen molar-refractivity contribution in [1.82, 2.24) is 4.90 Å². The molecule has 0 spiro atoms. The number of non-ortho nitro benzene ring substituents is 1. The predicted octanol–water partition coefficient (Wildman–Crippen LogP) is 2.91. The van der Waals surface area contributed by atoms with Gasteiger partial charge in [0.15, 0.2) is 0 Å². The maximum Gasteiger partial charge on any atom is 0.321 e. The molecule has 28 heavy (non-hydrogen) atoms. The summed E-state index contributed by atoms with van der Waals surface area (Å²) in [4.78, 5) is 37.8. The van der Waals surface area contributed by atoms with Crippen molar-refractivity contribution in [3.05, 3.63) is 58.6 Å². The smallest absolute Gasteiger partial charge is 0.321 e. The molecule has 146 valence electrons. The number of benzene rings is 2. The van der Waals surface area contributed by atoms with Gasteiger partial charge in [-0.05, 0) is 30.3 Å². The Morgan fingerprint density at radius 2 is 1.57 bits per heavy atom. The van der Waals surface area contributed by atoms with Crippen LogP contribution in [0, 0.1) is 10.1 Å². The maximum absolute atomic E-state index is 12.5. The van der Waals surface area contributed by atoms with E-state index in [4.69, 9.17) is 0 Å². The Balaban J connectivity index is 1.55. The van der Waals surface area contributed by atoms with Crippen LogP contribution in [0.3, 0.4) is 0 Å². The molecule has 1 saturated heterocycles. The van der Waals surface area contributed by atoms with Gasteiger partial charge in [0, 0.05) is 62.3 Å². The first kappa shape index (κ1) is 19.2. The van der Waals surface area contributed by atoms with Gasteiger partial charge in [-0.3, -0.25) is 14.9 Å². The number of hydrogen-bond donors (Lipinski definition) is 2. The number of carbonyl (C=O) groups is 2. The summed E-state index contributed by atoms with van der Waals surface area (Å²) >= 11 is 0. The summed E-state index contributed by atoms with van der Waals surface area (Å²) in [6.07, 6.45) is 0. The topological polar surface area (TPSA) is 108 Å². The Hall–Kier alpha value is -3.62. The highest BCUT2D eigenvalue weighted by Gasteiger charge is 2.21. The predicted molar refractivity (Wildman–Crippen MR) is 107 cm³/mol. The molecule has 2 aromatic rings. The van der Waals surface area contributed by atoms with Crippen molar-refractivity contribution in [1.29, 1.82) is 0 Å². The summed E-state index contributed by atoms with van der Waals surface area (Å²) in [5, 5.41) is 16.3. The van der Waals surface area contributed by atoms with Crippen molar-refractivity contribution < 1.29 is 14.5 Å². The van der Waals surface area contributed by atoms with Crippen molar-refractivity contribution in [2.24, 2.45) is 0 Å². The average Bonchev–Trinajstić information content (AvgIpc) is 2.68. The molecule has 3 rings (SSSR count). The van der Waals surface area contributed by atoms with E-state index in [1.165, 1.54) is 19.1 Å². The molecule has 0 radical (unpaired) electrons. The van der Waals surface area contributed by atoms with Gasteiger partial charge in [0.2, 0.25) is 5.91 Å². The number of nitrogens with zero attached hydrogens (tertiary/aromatic N) is 3. The lowest BCUT2D eigenvalue weighted by molar-refractivity contribution is -0.384. The number of rotatable bonds is 4. The second-order valence-corrected chi connectivity index (χ2v) is 6.44. The van der Waals surface area contributed by atoms with E-state index in [1.54, 1.807) is 41.3 Å². The van der Waals surface area contributed by atoms with E-state index in [9.17, 15) is 19.7 Å². The molecule has 2 N–H and O–H groups in total. The minimum absolute atomic E-state index is 0.0586. The number of piperazine rings is 1. The number of amides is 3. The van der Waals surface area contributed by atoms with Crippen LogP contribution >= 0.6 is 0 Å². The lowest BCUT2D eigenvalue weighted by Gasteiger charge is -2.36. The molecule has 1 heterocycles. The first-order valence-corrected chi connectivity index (χ1v) is 8.85. The van der Waals surface area contributed by atoms with E-state index in [0.717, 1.165) is 5.69 Å². The Morgan fingerprint density at radius 3 is 2.14 bits per heavy atom. The Kier molecular flexibility index (Phi) is 5.73. The first-order valence-electron chi connectivity index (χ1n) is 8.85. The van der Waals surface area contributed by atoms with Gasteiger partial charge in [0.25, 0.3) is 5.69 Å². The van der Waals surface area contributed by atoms with Crippen molar-refractivity contribution in [3.63, 3.8) is 0 Å². The fourth-order valence-electron chi connectivity index (χ4n) is 3.03. The molecular formula is C19H21N5O4. The van der Waals surface area contributed by atoms with Crippen LogP contribution in [-0.4, -0.2) is 47.9 Å². The zero-order valence-electron chi connectivity index (χ0n) is 15.4. The molecular weight excluding hydrogens is 362 g/mol. The summed E-state index contributed by atoms with van der Waals surface area (Å²) in [6.45, 7) is 3.77. The molecule has 3 amide bonds. The van der Waals surface area contributed by atoms with Gasteiger partial charge in [-0.2, -0.15) is 0 Å². The van der Waals surface area contributed by atoms with Crippen molar-refractivity contribution >= 4 is 34.7 Å². The van der Waals surface area contributed by atoms with Gasteiger partial charge in [-0.15, -0.1) is 0 Å². The lowest BCUT2D eigenvalue weighted by Crippen LogP contribution is -2.50. The minimum Gasteiger partial charge on any atom is -0.368 e. The molecule has 1 aliphatic rings. The number of nitrogens with one attached hydrogen (secondary N) is 2. The highest BCUT2D eigenvalue weighted by Crippen LogP contribution is 2.21. The van der Waals surface area contributed by atoms with Gasteiger partial charge < -0.3 is 20.4 Å². The van der Waals surface area contributed by atoms with E-state index in [2.05, 4.69) is 15.5 Å². The SMILES string of the molecule is CC(=O)Nc1cccc(NC(=O)N2CCN(c3ccc([N+](=O)[O-])cc3)CC2)c1. The standard InChI is InChI=1S/C19H21N5O4/c1-14(25)20-15-3-2-4-16(13-15)21-19(26)23-11-9-22(10-12-23)17-5-7-18(8-6-17)24(27)28/h2-8,13H,9-12H2,1H3,(H,20,25)(H,21,26). The quantitative estimate of drug-likeness (QED) is 0.623. The summed E-state index contributed by atoms with van der Waals surface area (Å²) in [7, 11) is 0. The summed E-state index contributed by atoms with van der Waals surface area (Å²) in [5.74, 6) is -0.175. The minimum atomic E-state index is -0.424. The molecule has 0 aromatic heterocycles. The highest BCUT2D eigenvalue weighted by molar-refractivity contribution is 5.92. The third-order valence-electron chi connectivity index (χ3n) is 4.43. The fourth-order valence-corrected chi connectivity index (χ4v) is 3.03. The first-order chi connectivity index (χ1) is 13.4. The van der Waals surface area contributed by atoms with Gasteiger partial charge in [0.05, 0.1) is 4.92 Å². The third-order valence-corrected chi connectivity index (χ3v) is 4.43. The molecule has 1 fully saturated rings. The third kappa shape index (κ3) is 4.76. The Bertz CT molecular complexity index is 876. The van der Waals surface area contributed by atoms with Crippen LogP contribution in [0.25, 0.3) is 0 Å². The van der Waals surface area contributed by atoms with E-state index in [1.807, 2.05) is 0 Å². The fraction of sp³-hybridized carbons (Fsp3) is 0.263. The summed E-state index contributed by atoms with van der Waals surface area (Å²) in [6, 6.07) is 13.2. The maximum atomic E-state index is 12.5. The van der Waals surface area contributed by atoms with Crippen LogP contribution in [0.1, 0.15) is 6.92 Å². The molecule has 0 atom stereocenters. The highest BCUT2D eigenvalue weighted by atomic mass is 16.6. The van der Waals surface area contributed by atoms with Crippen LogP contribution in [-0.2, 0) is 4.79 Å². The molecule has 0 unspecified atom stereocenters. The number of anilines is 3. The molecule has 9 heteroatoms. The molecule has 0 saturated carbocycles. The van der Waals surface area contributed by atoms with E-state index >= 15 is 0 Å². The van der Waals surface area contributed by atoms with Crippen LogP contribution in [0.2, 0.25) is 0 Å². The van der Waals surface area contributed by atoms with Crippen molar-refractivity contribution in [2.75, 3.05) is 41.7 Å². The molecule has 9 nitrogen and oxygen atoms in total. The van der Waals surface area contributed by atoms with Gasteiger partial charge in [-0.1, -0.05) is 6.07 Å². The number of hydrogen-bond acceptors (Lipinski definition) is 5. The summed E-state index contributed by atoms with van der Waals surface area (Å²) < 4.78 is 0. The molecule has 2 aromatic carbocycles. The number of carbonyl (C=O) groups excluding carboxylic acids is 2. The monoisotopic (exact) mass is 383 g/mol. The van der Waals surface area contributed by atoms with Gasteiger partial charge in [0.1, 0.15) is 0 Å². The molecule has 1 aliphatic heterocycles. The van der Waals surface area contributed by atoms with Crippen LogP contribution in [0.15, 0.2) is 48.5 Å². The average molecular weight is 383 g/mol. The van der Waals surface area contributed by atoms with Crippen molar-refractivity contribution in [3.8, 4) is 0 Å². The Labute approximate surface area is 162 Å². The van der Waals surface area contributed by atoms with Crippen LogP contribution in [0.4, 0.5) is 27.5 Å². The largest absolute Gasteiger partial charge is 0.368 e. The molecule has 0 aliphatic carbocycles. The van der Waals surface area contributed by atoms with Gasteiger partial charge >= 0.3 is 6.03 Å². The van der Waals surface area contributed by atoms with E-state index in [-0.39, 0.29) is 17.6 Å². The second-order valence-electron chi connectivity index (χ2n) is 6.44. The van der Waals surface area contributed by atoms with Crippen molar-refractivity contribution in [2.45, 2.75) is 6.92 Å². The van der Waals surface area contributed by atoms with Crippen LogP contribution < -0.4 is 15.5 Å². The van der Waals surface area contributed by atoms with E-state index < -0.39 is 4.92 Å². The number of urea groups is 1. The van der Waals surface area contributed by atoms with E-state index in [0.29, 0.717) is 37.6 Å². The molecule has 0 bridgehead atoms.